The molecule has 0 fully saturated rings. The van der Waals surface area contributed by atoms with E-state index in [0.717, 1.165) is 25.8 Å². The smallest absolute Gasteiger partial charge is 0.303 e. The van der Waals surface area contributed by atoms with Crippen LogP contribution in [0.5, 0.6) is 0 Å². The van der Waals surface area contributed by atoms with Crippen molar-refractivity contribution in [1.29, 1.82) is 0 Å². The van der Waals surface area contributed by atoms with Crippen molar-refractivity contribution in [2.75, 3.05) is 6.54 Å². The molecule has 0 aromatic rings. The van der Waals surface area contributed by atoms with Crippen LogP contribution >= 0.6 is 0 Å². The molecule has 0 rings (SSSR count). The number of hydrogen-bond acceptors (Lipinski definition) is 2. The minimum Gasteiger partial charge on any atom is -0.456 e. The zero-order chi connectivity index (χ0) is 10.3. The van der Waals surface area contributed by atoms with Crippen molar-refractivity contribution < 1.29 is 21.0 Å². The molecule has 2 unspecified atom stereocenters. The lowest BCUT2D eigenvalue weighted by Crippen LogP contribution is -2.65. The summed E-state index contributed by atoms with van der Waals surface area (Å²) in [5.41, 5.74) is 7.64. The van der Waals surface area contributed by atoms with E-state index < -0.39 is 0 Å². The molecule has 0 amide bonds. The van der Waals surface area contributed by atoms with E-state index in [2.05, 4.69) is 11.5 Å². The largest absolute Gasteiger partial charge is 0.456 e. The highest BCUT2D eigenvalue weighted by molar-refractivity contribution is 5.66. The number of rotatable bonds is 6. The summed E-state index contributed by atoms with van der Waals surface area (Å²) in [7, 11) is 0. The molecule has 0 spiro atoms. The molecule has 13 heavy (non-hydrogen) atoms. The second-order valence-electron chi connectivity index (χ2n) is 3.47. The summed E-state index contributed by atoms with van der Waals surface area (Å²) in [5.74, 6) is -0.213. The molecule has 0 heterocycles. The Balaban J connectivity index is 3.74. The number of carbonyl (C=O) groups is 1. The van der Waals surface area contributed by atoms with Gasteiger partial charge in [0.1, 0.15) is 6.04 Å². The molecule has 0 bridgehead atoms. The molecule has 6 N–H and O–H groups in total. The van der Waals surface area contributed by atoms with E-state index in [1.165, 1.54) is 6.92 Å². The Hall–Kier alpha value is -0.610. The van der Waals surface area contributed by atoms with Gasteiger partial charge in [-0.15, -0.1) is 0 Å². The summed E-state index contributed by atoms with van der Waals surface area (Å²) in [6.45, 7) is 4.35. The summed E-state index contributed by atoms with van der Waals surface area (Å²) in [5, 5.41) is 0. The highest BCUT2D eigenvalue weighted by Crippen LogP contribution is 2.06. The summed E-state index contributed by atoms with van der Waals surface area (Å²) in [6.07, 6.45) is 3.02. The van der Waals surface area contributed by atoms with Crippen molar-refractivity contribution in [1.82, 2.24) is 0 Å². The van der Waals surface area contributed by atoms with Crippen LogP contribution in [-0.2, 0) is 9.53 Å². The molecule has 4 heteroatoms. The third-order valence-electron chi connectivity index (χ3n) is 1.94. The van der Waals surface area contributed by atoms with Crippen LogP contribution in [0.15, 0.2) is 0 Å². The number of unbranched alkanes of at least 4 members (excludes halogenated alkanes) is 1. The molecule has 0 aromatic carbocycles. The van der Waals surface area contributed by atoms with Gasteiger partial charge < -0.3 is 16.2 Å². The van der Waals surface area contributed by atoms with Crippen molar-refractivity contribution in [2.45, 2.75) is 45.3 Å². The Labute approximate surface area is 79.6 Å². The van der Waals surface area contributed by atoms with Crippen LogP contribution in [0.4, 0.5) is 0 Å². The first-order chi connectivity index (χ1) is 6.07. The Morgan fingerprint density at radius 1 is 1.46 bits per heavy atom. The molecule has 0 aliphatic carbocycles. The predicted molar refractivity (Wildman–Crippen MR) is 49.5 cm³/mol. The van der Waals surface area contributed by atoms with Crippen LogP contribution in [0.3, 0.4) is 0 Å². The minimum atomic E-state index is -0.213. The third kappa shape index (κ3) is 6.54. The molecule has 78 valence electrons. The van der Waals surface area contributed by atoms with Gasteiger partial charge in [-0.05, 0) is 26.2 Å². The summed E-state index contributed by atoms with van der Waals surface area (Å²) in [6, 6.07) is 0.161. The van der Waals surface area contributed by atoms with Crippen molar-refractivity contribution in [3.63, 3.8) is 0 Å². The number of hydrogen-bond donors (Lipinski definition) is 2. The molecule has 0 aromatic heterocycles. The Morgan fingerprint density at radius 3 is 2.46 bits per heavy atom. The topological polar surface area (TPSA) is 81.6 Å². The lowest BCUT2D eigenvalue weighted by Gasteiger charge is -2.17. The zero-order valence-corrected chi connectivity index (χ0v) is 8.71. The van der Waals surface area contributed by atoms with Gasteiger partial charge >= 0.3 is 5.97 Å². The molecule has 0 saturated heterocycles. The molecule has 0 radical (unpaired) electrons. The lowest BCUT2D eigenvalue weighted by molar-refractivity contribution is -0.432. The molecule has 2 atom stereocenters. The first-order valence-electron chi connectivity index (χ1n) is 4.87. The minimum absolute atomic E-state index is 0.0240. The highest BCUT2D eigenvalue weighted by Gasteiger charge is 2.18. The van der Waals surface area contributed by atoms with Crippen molar-refractivity contribution >= 4 is 5.97 Å². The first kappa shape index (κ1) is 12.4. The number of ether oxygens (including phenoxy) is 1. The molecular formula is C9H22N2O2+2. The Morgan fingerprint density at radius 2 is 2.08 bits per heavy atom. The fourth-order valence-corrected chi connectivity index (χ4v) is 1.20. The van der Waals surface area contributed by atoms with E-state index in [0.29, 0.717) is 0 Å². The number of carbonyl (C=O) groups excluding carboxylic acids is 1. The maximum absolute atomic E-state index is 10.7. The van der Waals surface area contributed by atoms with Gasteiger partial charge in [0.2, 0.25) is 0 Å². The van der Waals surface area contributed by atoms with E-state index in [9.17, 15) is 4.79 Å². The monoisotopic (exact) mass is 190 g/mol. The van der Waals surface area contributed by atoms with Gasteiger partial charge in [-0.3, -0.25) is 4.79 Å². The van der Waals surface area contributed by atoms with E-state index in [1.54, 1.807) is 0 Å². The van der Waals surface area contributed by atoms with E-state index >= 15 is 0 Å². The van der Waals surface area contributed by atoms with Crippen molar-refractivity contribution in [3.8, 4) is 0 Å². The summed E-state index contributed by atoms with van der Waals surface area (Å²) < 4.78 is 5.14. The summed E-state index contributed by atoms with van der Waals surface area (Å²) >= 11 is 0. The fourth-order valence-electron chi connectivity index (χ4n) is 1.20. The maximum Gasteiger partial charge on any atom is 0.303 e. The van der Waals surface area contributed by atoms with Gasteiger partial charge in [0, 0.05) is 6.92 Å². The molecular weight excluding hydrogens is 168 g/mol. The van der Waals surface area contributed by atoms with E-state index in [-0.39, 0.29) is 18.1 Å². The Kier molecular flexibility index (Phi) is 6.54. The standard InChI is InChI=1S/C9H20N2O2/c1-7(11)9(13-8(2)12)5-3-4-6-10/h7,9H,3-6,10-11H2,1-2H3/p+2. The molecule has 0 aliphatic heterocycles. The quantitative estimate of drug-likeness (QED) is 0.414. The van der Waals surface area contributed by atoms with Gasteiger partial charge in [-0.2, -0.15) is 0 Å². The van der Waals surface area contributed by atoms with Crippen LogP contribution < -0.4 is 11.5 Å². The SMILES string of the molecule is CC(=O)OC(CCCC[NH3+])C(C)[NH3+]. The number of esters is 1. The zero-order valence-electron chi connectivity index (χ0n) is 8.71. The van der Waals surface area contributed by atoms with Gasteiger partial charge in [-0.25, -0.2) is 0 Å². The molecule has 0 saturated carbocycles. The van der Waals surface area contributed by atoms with Crippen LogP contribution in [0, 0.1) is 0 Å². The van der Waals surface area contributed by atoms with Gasteiger partial charge in [0.25, 0.3) is 0 Å². The maximum atomic E-state index is 10.7. The van der Waals surface area contributed by atoms with Crippen molar-refractivity contribution in [2.24, 2.45) is 0 Å². The average molecular weight is 190 g/mol. The second-order valence-corrected chi connectivity index (χ2v) is 3.47. The van der Waals surface area contributed by atoms with Gasteiger partial charge in [-0.1, -0.05) is 0 Å². The van der Waals surface area contributed by atoms with Crippen LogP contribution in [-0.4, -0.2) is 24.7 Å². The Bertz CT molecular complexity index is 149. The van der Waals surface area contributed by atoms with Crippen LogP contribution in [0.25, 0.3) is 0 Å². The average Bonchev–Trinajstić information content (AvgIpc) is 2.02. The third-order valence-corrected chi connectivity index (χ3v) is 1.94. The molecule has 4 nitrogen and oxygen atoms in total. The predicted octanol–water partition coefficient (Wildman–Crippen LogP) is -1.04. The first-order valence-corrected chi connectivity index (χ1v) is 4.87. The lowest BCUT2D eigenvalue weighted by atomic mass is 10.1. The summed E-state index contributed by atoms with van der Waals surface area (Å²) in [4.78, 5) is 10.7. The van der Waals surface area contributed by atoms with E-state index in [4.69, 9.17) is 4.74 Å². The highest BCUT2D eigenvalue weighted by atomic mass is 16.5. The number of quaternary nitrogens is 2. The van der Waals surface area contributed by atoms with E-state index in [1.807, 2.05) is 6.92 Å². The van der Waals surface area contributed by atoms with Gasteiger partial charge in [0.15, 0.2) is 6.10 Å². The normalized spacial score (nSPS) is 15.1. The van der Waals surface area contributed by atoms with Crippen LogP contribution in [0.1, 0.15) is 33.1 Å². The van der Waals surface area contributed by atoms with Crippen molar-refractivity contribution in [3.05, 3.63) is 0 Å². The molecule has 0 aliphatic rings. The van der Waals surface area contributed by atoms with Crippen LogP contribution in [0.2, 0.25) is 0 Å². The second kappa shape index (κ2) is 6.86. The van der Waals surface area contributed by atoms with Gasteiger partial charge in [0.05, 0.1) is 6.54 Å². The fraction of sp³-hybridized carbons (Fsp3) is 0.889.